The molecule has 0 spiro atoms. The van der Waals surface area contributed by atoms with E-state index in [0.717, 1.165) is 29.7 Å². The average molecular weight is 384 g/mol. The Kier molecular flexibility index (Phi) is 4.99. The molecule has 0 aromatic heterocycles. The van der Waals surface area contributed by atoms with Crippen molar-refractivity contribution in [3.63, 3.8) is 0 Å². The van der Waals surface area contributed by atoms with E-state index in [-0.39, 0.29) is 18.7 Å². The molecule has 1 saturated heterocycles. The fourth-order valence-corrected chi connectivity index (χ4v) is 4.46. The van der Waals surface area contributed by atoms with Gasteiger partial charge in [-0.05, 0) is 49.8 Å². The molecule has 2 fully saturated rings. The molecule has 4 amide bonds. The van der Waals surface area contributed by atoms with Gasteiger partial charge in [0.2, 0.25) is 11.8 Å². The molecule has 4 N–H and O–H groups in total. The number of carbonyl (C=O) groups excluding carboxylic acids is 4. The van der Waals surface area contributed by atoms with Crippen LogP contribution < -0.4 is 16.4 Å². The second kappa shape index (κ2) is 7.44. The Morgan fingerprint density at radius 2 is 1.93 bits per heavy atom. The van der Waals surface area contributed by atoms with Gasteiger partial charge < -0.3 is 11.1 Å². The largest absolute Gasteiger partial charge is 0.330 e. The van der Waals surface area contributed by atoms with Crippen LogP contribution in [0.2, 0.25) is 0 Å². The van der Waals surface area contributed by atoms with Crippen molar-refractivity contribution >= 4 is 23.6 Å². The average Bonchev–Trinajstić information content (AvgIpc) is 3.24. The molecule has 1 aliphatic carbocycles. The zero-order valence-electron chi connectivity index (χ0n) is 15.6. The van der Waals surface area contributed by atoms with Crippen molar-refractivity contribution in [3.8, 4) is 0 Å². The Morgan fingerprint density at radius 3 is 2.64 bits per heavy atom. The van der Waals surface area contributed by atoms with Crippen LogP contribution in [-0.2, 0) is 16.1 Å². The smallest absolute Gasteiger partial charge is 0.262 e. The Bertz CT molecular complexity index is 853. The third-order valence-electron chi connectivity index (χ3n) is 6.01. The standard InChI is InChI=1S/C20H24N4O4/c21-9-11-4-5-13(8-11)22-10-12-2-1-3-14-17(12)20(28)24(19(14)27)15-6-7-16(25)23-18(15)26/h1-3,11,13,15,22H,4-10,21H2,(H,23,25,26). The highest BCUT2D eigenvalue weighted by Gasteiger charge is 2.45. The highest BCUT2D eigenvalue weighted by Crippen LogP contribution is 2.30. The summed E-state index contributed by atoms with van der Waals surface area (Å²) in [5.74, 6) is -1.37. The number of fused-ring (bicyclic) bond motifs is 1. The van der Waals surface area contributed by atoms with Crippen LogP contribution in [0.1, 0.15) is 58.4 Å². The van der Waals surface area contributed by atoms with Gasteiger partial charge in [0.1, 0.15) is 6.04 Å². The van der Waals surface area contributed by atoms with Gasteiger partial charge in [-0.2, -0.15) is 0 Å². The number of piperidine rings is 1. The van der Waals surface area contributed by atoms with Crippen LogP contribution >= 0.6 is 0 Å². The lowest BCUT2D eigenvalue weighted by Crippen LogP contribution is -2.54. The third kappa shape index (κ3) is 3.22. The summed E-state index contributed by atoms with van der Waals surface area (Å²) < 4.78 is 0. The van der Waals surface area contributed by atoms with E-state index < -0.39 is 23.8 Å². The van der Waals surface area contributed by atoms with E-state index in [1.807, 2.05) is 6.07 Å². The van der Waals surface area contributed by atoms with Crippen molar-refractivity contribution in [2.45, 2.75) is 50.7 Å². The first-order valence-corrected chi connectivity index (χ1v) is 9.76. The van der Waals surface area contributed by atoms with Gasteiger partial charge in [0.05, 0.1) is 11.1 Å². The zero-order valence-corrected chi connectivity index (χ0v) is 15.6. The molecule has 8 heteroatoms. The van der Waals surface area contributed by atoms with Crippen LogP contribution in [0.3, 0.4) is 0 Å². The zero-order chi connectivity index (χ0) is 19.8. The van der Waals surface area contributed by atoms with E-state index in [1.54, 1.807) is 12.1 Å². The van der Waals surface area contributed by atoms with Gasteiger partial charge in [0.15, 0.2) is 0 Å². The van der Waals surface area contributed by atoms with Gasteiger partial charge >= 0.3 is 0 Å². The van der Waals surface area contributed by atoms with Crippen LogP contribution in [0, 0.1) is 5.92 Å². The molecule has 2 aliphatic heterocycles. The second-order valence-corrected chi connectivity index (χ2v) is 7.78. The molecule has 3 aliphatic rings. The quantitative estimate of drug-likeness (QED) is 0.628. The maximum atomic E-state index is 13.0. The van der Waals surface area contributed by atoms with Crippen molar-refractivity contribution in [2.24, 2.45) is 11.7 Å². The minimum Gasteiger partial charge on any atom is -0.330 e. The topological polar surface area (TPSA) is 122 Å². The Hall–Kier alpha value is -2.58. The highest BCUT2D eigenvalue weighted by molar-refractivity contribution is 6.24. The molecule has 1 aromatic carbocycles. The fourth-order valence-electron chi connectivity index (χ4n) is 4.46. The van der Waals surface area contributed by atoms with E-state index in [1.165, 1.54) is 0 Å². The summed E-state index contributed by atoms with van der Waals surface area (Å²) in [6.45, 7) is 1.17. The molecule has 1 aromatic rings. The molecule has 4 rings (SSSR count). The van der Waals surface area contributed by atoms with Crippen molar-refractivity contribution in [1.82, 2.24) is 15.5 Å². The number of hydrogen-bond donors (Lipinski definition) is 3. The number of carbonyl (C=O) groups is 4. The minimum atomic E-state index is -0.939. The lowest BCUT2D eigenvalue weighted by atomic mass is 10.0. The van der Waals surface area contributed by atoms with Gasteiger partial charge in [0, 0.05) is 19.0 Å². The molecular weight excluding hydrogens is 360 g/mol. The first-order valence-electron chi connectivity index (χ1n) is 9.76. The Labute approximate surface area is 162 Å². The third-order valence-corrected chi connectivity index (χ3v) is 6.01. The summed E-state index contributed by atoms with van der Waals surface area (Å²) in [6, 6.07) is 4.62. The molecule has 0 bridgehead atoms. The molecule has 0 radical (unpaired) electrons. The lowest BCUT2D eigenvalue weighted by Gasteiger charge is -2.27. The van der Waals surface area contributed by atoms with Gasteiger partial charge in [-0.15, -0.1) is 0 Å². The Balaban J connectivity index is 1.53. The molecule has 1 saturated carbocycles. The van der Waals surface area contributed by atoms with E-state index in [9.17, 15) is 19.2 Å². The highest BCUT2D eigenvalue weighted by atomic mass is 16.2. The second-order valence-electron chi connectivity index (χ2n) is 7.78. The minimum absolute atomic E-state index is 0.113. The number of amides is 4. The molecule has 148 valence electrons. The molecular formula is C20H24N4O4. The predicted octanol–water partition coefficient (Wildman–Crippen LogP) is 0.305. The molecule has 3 atom stereocenters. The molecule has 2 heterocycles. The van der Waals surface area contributed by atoms with Gasteiger partial charge in [-0.3, -0.25) is 29.4 Å². The maximum absolute atomic E-state index is 13.0. The van der Waals surface area contributed by atoms with Gasteiger partial charge in [-0.25, -0.2) is 0 Å². The fraction of sp³-hybridized carbons (Fsp3) is 0.500. The summed E-state index contributed by atoms with van der Waals surface area (Å²) in [5, 5.41) is 5.69. The predicted molar refractivity (Wildman–Crippen MR) is 100 cm³/mol. The summed E-state index contributed by atoms with van der Waals surface area (Å²) in [4.78, 5) is 50.5. The van der Waals surface area contributed by atoms with Crippen molar-refractivity contribution in [1.29, 1.82) is 0 Å². The van der Waals surface area contributed by atoms with Crippen molar-refractivity contribution in [3.05, 3.63) is 34.9 Å². The molecule has 3 unspecified atom stereocenters. The van der Waals surface area contributed by atoms with Crippen molar-refractivity contribution in [2.75, 3.05) is 6.54 Å². The maximum Gasteiger partial charge on any atom is 0.262 e. The van der Waals surface area contributed by atoms with E-state index in [0.29, 0.717) is 36.2 Å². The number of benzene rings is 1. The van der Waals surface area contributed by atoms with Gasteiger partial charge in [-0.1, -0.05) is 12.1 Å². The number of imide groups is 2. The first-order chi connectivity index (χ1) is 13.5. The van der Waals surface area contributed by atoms with Crippen LogP contribution in [-0.4, -0.2) is 47.2 Å². The monoisotopic (exact) mass is 384 g/mol. The number of hydrogen-bond acceptors (Lipinski definition) is 6. The Morgan fingerprint density at radius 1 is 1.11 bits per heavy atom. The summed E-state index contributed by atoms with van der Waals surface area (Å²) in [6.07, 6.45) is 3.43. The number of nitrogens with two attached hydrogens (primary N) is 1. The van der Waals surface area contributed by atoms with E-state index in [4.69, 9.17) is 5.73 Å². The summed E-state index contributed by atoms with van der Waals surface area (Å²) in [5.41, 5.74) is 7.18. The SMILES string of the molecule is NCC1CCC(NCc2cccc3c2C(=O)N(C2CCC(=O)NC2=O)C3=O)C1. The number of nitrogens with one attached hydrogen (secondary N) is 2. The number of rotatable bonds is 5. The van der Waals surface area contributed by atoms with Crippen LogP contribution in [0.5, 0.6) is 0 Å². The normalized spacial score (nSPS) is 27.3. The molecule has 8 nitrogen and oxygen atoms in total. The van der Waals surface area contributed by atoms with Crippen LogP contribution in [0.15, 0.2) is 18.2 Å². The number of nitrogens with zero attached hydrogens (tertiary/aromatic N) is 1. The van der Waals surface area contributed by atoms with E-state index in [2.05, 4.69) is 10.6 Å². The van der Waals surface area contributed by atoms with Crippen LogP contribution in [0.25, 0.3) is 0 Å². The van der Waals surface area contributed by atoms with Crippen LogP contribution in [0.4, 0.5) is 0 Å². The molecule has 28 heavy (non-hydrogen) atoms. The lowest BCUT2D eigenvalue weighted by molar-refractivity contribution is -0.136. The first kappa shape index (κ1) is 18.8. The van der Waals surface area contributed by atoms with Crippen molar-refractivity contribution < 1.29 is 19.2 Å². The summed E-state index contributed by atoms with van der Waals surface area (Å²) >= 11 is 0. The van der Waals surface area contributed by atoms with E-state index >= 15 is 0 Å². The van der Waals surface area contributed by atoms with Gasteiger partial charge in [0.25, 0.3) is 11.8 Å². The summed E-state index contributed by atoms with van der Waals surface area (Å²) in [7, 11) is 0.